The fraction of sp³-hybridized carbons (Fsp3) is 0.722. The lowest BCUT2D eigenvalue weighted by Crippen LogP contribution is -2.64. The fourth-order valence-electron chi connectivity index (χ4n) is 4.64. The molecule has 2 saturated carbocycles. The van der Waals surface area contributed by atoms with Crippen LogP contribution in [-0.2, 0) is 23.8 Å². The summed E-state index contributed by atoms with van der Waals surface area (Å²) in [5.41, 5.74) is -6.86. The number of hydrogen-bond donors (Lipinski definition) is 2. The topological polar surface area (TPSA) is 85.7 Å². The Balaban J connectivity index is 2.51. The second-order valence-electron chi connectivity index (χ2n) is 7.66. The van der Waals surface area contributed by atoms with Gasteiger partial charge in [0.15, 0.2) is 0 Å². The largest absolute Gasteiger partial charge is 0.456 e. The SMILES string of the molecule is C=CC(=O)OC1C(OC)C2CC1C(C)(C(=O)OC(CS)(C(F)(F)F)C(F)(F)F)C2C=N. The van der Waals surface area contributed by atoms with Crippen LogP contribution in [0.25, 0.3) is 0 Å². The summed E-state index contributed by atoms with van der Waals surface area (Å²) in [5, 5.41) is 7.66. The molecule has 6 nitrogen and oxygen atoms in total. The highest BCUT2D eigenvalue weighted by atomic mass is 32.1. The first kappa shape index (κ1) is 25.5. The van der Waals surface area contributed by atoms with E-state index in [0.717, 1.165) is 19.2 Å². The van der Waals surface area contributed by atoms with Crippen LogP contribution in [-0.4, -0.2) is 61.2 Å². The number of carbonyl (C=O) groups excluding carboxylic acids is 2. The second kappa shape index (κ2) is 8.30. The number of carbonyl (C=O) groups is 2. The first-order valence-electron chi connectivity index (χ1n) is 9.00. The molecule has 2 rings (SSSR count). The molecule has 0 radical (unpaired) electrons. The number of fused-ring (bicyclic) bond motifs is 2. The van der Waals surface area contributed by atoms with Gasteiger partial charge in [0.25, 0.3) is 0 Å². The van der Waals surface area contributed by atoms with E-state index in [1.54, 1.807) is 0 Å². The first-order chi connectivity index (χ1) is 14.2. The maximum Gasteiger partial charge on any atom is 0.438 e. The van der Waals surface area contributed by atoms with Gasteiger partial charge < -0.3 is 19.6 Å². The molecule has 0 aromatic rings. The van der Waals surface area contributed by atoms with Crippen molar-refractivity contribution in [2.24, 2.45) is 23.2 Å². The summed E-state index contributed by atoms with van der Waals surface area (Å²) in [5.74, 6) is -7.43. The van der Waals surface area contributed by atoms with Gasteiger partial charge in [-0.2, -0.15) is 39.0 Å². The average molecular weight is 477 g/mol. The van der Waals surface area contributed by atoms with Crippen LogP contribution in [0.4, 0.5) is 26.3 Å². The molecule has 6 unspecified atom stereocenters. The van der Waals surface area contributed by atoms with Crippen LogP contribution in [0.3, 0.4) is 0 Å². The van der Waals surface area contributed by atoms with Crippen molar-refractivity contribution in [3.63, 3.8) is 0 Å². The number of nitrogens with one attached hydrogen (secondary N) is 1. The fourth-order valence-corrected chi connectivity index (χ4v) is 5.07. The third-order valence-corrected chi connectivity index (χ3v) is 6.75. The van der Waals surface area contributed by atoms with Gasteiger partial charge >= 0.3 is 29.9 Å². The van der Waals surface area contributed by atoms with Crippen LogP contribution < -0.4 is 0 Å². The molecule has 0 spiro atoms. The first-order valence-corrected chi connectivity index (χ1v) is 9.63. The molecule has 0 heterocycles. The lowest BCUT2D eigenvalue weighted by molar-refractivity contribution is -0.363. The molecule has 0 aromatic heterocycles. The van der Waals surface area contributed by atoms with Crippen LogP contribution >= 0.6 is 12.6 Å². The van der Waals surface area contributed by atoms with Crippen LogP contribution in [0.1, 0.15) is 13.3 Å². The van der Waals surface area contributed by atoms with Crippen molar-refractivity contribution in [2.75, 3.05) is 12.9 Å². The van der Waals surface area contributed by atoms with Crippen molar-refractivity contribution in [3.05, 3.63) is 12.7 Å². The van der Waals surface area contributed by atoms with Gasteiger partial charge in [-0.05, 0) is 25.5 Å². The summed E-state index contributed by atoms with van der Waals surface area (Å²) in [4.78, 5) is 24.6. The zero-order chi connectivity index (χ0) is 24.0. The van der Waals surface area contributed by atoms with E-state index < -0.39 is 71.0 Å². The van der Waals surface area contributed by atoms with Crippen molar-refractivity contribution in [1.29, 1.82) is 5.41 Å². The van der Waals surface area contributed by atoms with Crippen molar-refractivity contribution >= 4 is 30.8 Å². The molecule has 2 aliphatic rings. The predicted molar refractivity (Wildman–Crippen MR) is 97.6 cm³/mol. The van der Waals surface area contributed by atoms with E-state index in [9.17, 15) is 35.9 Å². The third kappa shape index (κ3) is 3.73. The average Bonchev–Trinajstić information content (AvgIpc) is 3.16. The molecule has 1 N–H and O–H groups in total. The van der Waals surface area contributed by atoms with Gasteiger partial charge in [0.1, 0.15) is 6.10 Å². The molecule has 0 amide bonds. The molecule has 13 heteroatoms. The van der Waals surface area contributed by atoms with Crippen molar-refractivity contribution in [2.45, 2.75) is 43.5 Å². The Morgan fingerprint density at radius 1 is 1.19 bits per heavy atom. The minimum absolute atomic E-state index is 0.0607. The number of halogens is 6. The van der Waals surface area contributed by atoms with Crippen LogP contribution in [0.2, 0.25) is 0 Å². The number of thiol groups is 1. The molecule has 2 bridgehead atoms. The molecule has 0 saturated heterocycles. The summed E-state index contributed by atoms with van der Waals surface area (Å²) < 4.78 is 95.2. The van der Waals surface area contributed by atoms with Gasteiger partial charge in [-0.15, -0.1) is 0 Å². The van der Waals surface area contributed by atoms with Crippen molar-refractivity contribution < 1.29 is 50.1 Å². The molecule has 2 fully saturated rings. The van der Waals surface area contributed by atoms with Gasteiger partial charge in [-0.1, -0.05) is 6.58 Å². The van der Waals surface area contributed by atoms with Gasteiger partial charge in [-0.25, -0.2) is 4.79 Å². The predicted octanol–water partition coefficient (Wildman–Crippen LogP) is 3.36. The molecule has 6 atom stereocenters. The van der Waals surface area contributed by atoms with Crippen molar-refractivity contribution in [1.82, 2.24) is 0 Å². The Kier molecular flexibility index (Phi) is 6.83. The van der Waals surface area contributed by atoms with E-state index in [4.69, 9.17) is 14.9 Å². The van der Waals surface area contributed by atoms with Crippen molar-refractivity contribution in [3.8, 4) is 0 Å². The van der Waals surface area contributed by atoms with E-state index in [1.165, 1.54) is 7.11 Å². The highest BCUT2D eigenvalue weighted by Gasteiger charge is 2.76. The number of alkyl halides is 6. The molecule has 0 aliphatic heterocycles. The molecule has 176 valence electrons. The summed E-state index contributed by atoms with van der Waals surface area (Å²) >= 11 is 3.17. The molecule has 0 aromatic carbocycles. The number of methoxy groups -OCH3 is 1. The van der Waals surface area contributed by atoms with Crippen LogP contribution in [0, 0.1) is 28.6 Å². The second-order valence-corrected chi connectivity index (χ2v) is 7.97. The maximum absolute atomic E-state index is 13.4. The number of esters is 2. The Bertz CT molecular complexity index is 743. The zero-order valence-corrected chi connectivity index (χ0v) is 17.3. The Morgan fingerprint density at radius 3 is 2.13 bits per heavy atom. The molecular formula is C18H21F6NO5S. The lowest BCUT2D eigenvalue weighted by Gasteiger charge is -2.45. The Labute approximate surface area is 179 Å². The summed E-state index contributed by atoms with van der Waals surface area (Å²) in [6.07, 6.45) is -12.3. The highest BCUT2D eigenvalue weighted by molar-refractivity contribution is 7.80. The van der Waals surface area contributed by atoms with E-state index in [1.807, 2.05) is 0 Å². The maximum atomic E-state index is 13.4. The quantitative estimate of drug-likeness (QED) is 0.193. The molecule has 31 heavy (non-hydrogen) atoms. The standard InChI is InChI=1S/C18H21F6NO5S/c1-4-11(26)29-13-9-5-8(12(13)28-3)10(6-25)15(9,2)14(27)30-16(7-31,17(19,20)21)18(22,23)24/h4,6,8-10,12-13,25,31H,1,5,7H2,2-3H3. The van der Waals surface area contributed by atoms with Gasteiger partial charge in [0.05, 0.1) is 11.5 Å². The Hall–Kier alpha value is -1.76. The lowest BCUT2D eigenvalue weighted by atomic mass is 9.65. The number of ether oxygens (including phenoxy) is 3. The summed E-state index contributed by atoms with van der Waals surface area (Å²) in [7, 11) is 1.27. The van der Waals surface area contributed by atoms with Gasteiger partial charge in [-0.3, -0.25) is 4.79 Å². The van der Waals surface area contributed by atoms with E-state index in [2.05, 4.69) is 23.9 Å². The smallest absolute Gasteiger partial charge is 0.438 e. The third-order valence-electron chi connectivity index (χ3n) is 6.31. The normalized spacial score (nSPS) is 33.1. The van der Waals surface area contributed by atoms with E-state index >= 15 is 0 Å². The van der Waals surface area contributed by atoms with Crippen LogP contribution in [0.15, 0.2) is 12.7 Å². The summed E-state index contributed by atoms with van der Waals surface area (Å²) in [6, 6.07) is 0. The highest BCUT2D eigenvalue weighted by Crippen LogP contribution is 2.62. The minimum Gasteiger partial charge on any atom is -0.456 e. The van der Waals surface area contributed by atoms with E-state index in [0.29, 0.717) is 0 Å². The zero-order valence-electron chi connectivity index (χ0n) is 16.4. The number of hydrogen-bond acceptors (Lipinski definition) is 7. The minimum atomic E-state index is -6.00. The summed E-state index contributed by atoms with van der Waals surface area (Å²) in [6.45, 7) is 4.33. The number of rotatable bonds is 7. The Morgan fingerprint density at radius 2 is 1.74 bits per heavy atom. The molecular weight excluding hydrogens is 456 g/mol. The van der Waals surface area contributed by atoms with Gasteiger partial charge in [0, 0.05) is 30.8 Å². The molecule has 2 aliphatic carbocycles. The van der Waals surface area contributed by atoms with E-state index in [-0.39, 0.29) is 6.42 Å². The monoisotopic (exact) mass is 477 g/mol. The van der Waals surface area contributed by atoms with Gasteiger partial charge in [0.2, 0.25) is 0 Å². The van der Waals surface area contributed by atoms with Crippen LogP contribution in [0.5, 0.6) is 0 Å².